The minimum Gasteiger partial charge on any atom is -0.353 e. The molecule has 0 bridgehead atoms. The van der Waals surface area contributed by atoms with E-state index in [0.717, 1.165) is 25.7 Å². The quantitative estimate of drug-likeness (QED) is 0.862. The van der Waals surface area contributed by atoms with Crippen LogP contribution in [0.1, 0.15) is 39.5 Å². The van der Waals surface area contributed by atoms with Gasteiger partial charge in [0.15, 0.2) is 0 Å². The summed E-state index contributed by atoms with van der Waals surface area (Å²) in [5.41, 5.74) is 0. The Morgan fingerprint density at radius 1 is 1.55 bits per heavy atom. The largest absolute Gasteiger partial charge is 0.353 e. The number of hydrogen-bond donors (Lipinski definition) is 1. The van der Waals surface area contributed by atoms with Gasteiger partial charge in [0, 0.05) is 19.1 Å². The van der Waals surface area contributed by atoms with E-state index in [1.165, 1.54) is 15.6 Å². The van der Waals surface area contributed by atoms with Gasteiger partial charge in [-0.1, -0.05) is 19.4 Å². The van der Waals surface area contributed by atoms with Crippen LogP contribution < -0.4 is 5.32 Å². The van der Waals surface area contributed by atoms with Crippen LogP contribution in [0.3, 0.4) is 0 Å². The molecular weight excluding hydrogens is 320 g/mol. The van der Waals surface area contributed by atoms with Gasteiger partial charge in [-0.25, -0.2) is 8.42 Å². The molecule has 5 nitrogen and oxygen atoms in total. The summed E-state index contributed by atoms with van der Waals surface area (Å²) in [4.78, 5) is 12.3. The fraction of sp³-hybridized carbons (Fsp3) is 0.667. The smallest absolute Gasteiger partial charge is 0.252 e. The molecule has 22 heavy (non-hydrogen) atoms. The Bertz CT molecular complexity index is 584. The number of piperidine rings is 1. The molecule has 1 aliphatic heterocycles. The molecule has 2 atom stereocenters. The lowest BCUT2D eigenvalue weighted by Crippen LogP contribution is -2.46. The van der Waals surface area contributed by atoms with Crippen molar-refractivity contribution in [2.45, 2.75) is 49.8 Å². The van der Waals surface area contributed by atoms with Gasteiger partial charge in [-0.2, -0.15) is 4.31 Å². The summed E-state index contributed by atoms with van der Waals surface area (Å²) in [6, 6.07) is 3.49. The number of rotatable bonds is 6. The highest BCUT2D eigenvalue weighted by Crippen LogP contribution is 2.26. The van der Waals surface area contributed by atoms with Crippen molar-refractivity contribution in [3.8, 4) is 0 Å². The molecule has 7 heteroatoms. The van der Waals surface area contributed by atoms with E-state index < -0.39 is 10.0 Å². The molecule has 0 spiro atoms. The Labute approximate surface area is 136 Å². The summed E-state index contributed by atoms with van der Waals surface area (Å²) in [6.45, 7) is 4.85. The standard InChI is InChI=1S/C15H24N2O3S2/c1-3-6-12(2)16-15(18)13-7-4-9-17(11-13)22(19,20)14-8-5-10-21-14/h5,8,10,12-13H,3-4,6-7,9,11H2,1-2H3,(H,16,18)/t12-,13-/m1/s1. The SMILES string of the molecule is CCC[C@@H](C)NC(=O)[C@@H]1CCCN(S(=O)(=O)c2cccs2)C1. The van der Waals surface area contributed by atoms with E-state index in [2.05, 4.69) is 12.2 Å². The van der Waals surface area contributed by atoms with Gasteiger partial charge in [0.1, 0.15) is 4.21 Å². The Hall–Kier alpha value is -0.920. The van der Waals surface area contributed by atoms with Crippen LogP contribution in [0.5, 0.6) is 0 Å². The lowest BCUT2D eigenvalue weighted by molar-refractivity contribution is -0.126. The molecule has 0 radical (unpaired) electrons. The number of hydrogen-bond acceptors (Lipinski definition) is 4. The van der Waals surface area contributed by atoms with Crippen molar-refractivity contribution in [3.63, 3.8) is 0 Å². The fourth-order valence-electron chi connectivity index (χ4n) is 2.78. The number of nitrogens with zero attached hydrogens (tertiary/aromatic N) is 1. The fourth-order valence-corrected chi connectivity index (χ4v) is 5.45. The first-order valence-corrected chi connectivity index (χ1v) is 10.1. The molecular formula is C15H24N2O3S2. The summed E-state index contributed by atoms with van der Waals surface area (Å²) >= 11 is 1.22. The van der Waals surface area contributed by atoms with Gasteiger partial charge in [0.2, 0.25) is 5.91 Å². The van der Waals surface area contributed by atoms with Gasteiger partial charge in [-0.05, 0) is 37.6 Å². The third-order valence-corrected chi connectivity index (χ3v) is 7.19. The predicted molar refractivity (Wildman–Crippen MR) is 88.3 cm³/mol. The topological polar surface area (TPSA) is 66.5 Å². The molecule has 0 aromatic carbocycles. The molecule has 124 valence electrons. The zero-order valence-corrected chi connectivity index (χ0v) is 14.8. The van der Waals surface area contributed by atoms with Gasteiger partial charge in [0.25, 0.3) is 10.0 Å². The van der Waals surface area contributed by atoms with Gasteiger partial charge < -0.3 is 5.32 Å². The van der Waals surface area contributed by atoms with Crippen LogP contribution in [-0.4, -0.2) is 37.8 Å². The van der Waals surface area contributed by atoms with Gasteiger partial charge in [0.05, 0.1) is 5.92 Å². The van der Waals surface area contributed by atoms with Crippen LogP contribution in [0, 0.1) is 5.92 Å². The maximum Gasteiger partial charge on any atom is 0.252 e. The zero-order valence-electron chi connectivity index (χ0n) is 13.1. The lowest BCUT2D eigenvalue weighted by Gasteiger charge is -2.31. The van der Waals surface area contributed by atoms with E-state index in [1.807, 2.05) is 6.92 Å². The van der Waals surface area contributed by atoms with Gasteiger partial charge in [-0.3, -0.25) is 4.79 Å². The number of amides is 1. The van der Waals surface area contributed by atoms with Crippen LogP contribution in [0.15, 0.2) is 21.7 Å². The maximum absolute atomic E-state index is 12.5. The molecule has 1 N–H and O–H groups in total. The van der Waals surface area contributed by atoms with Crippen LogP contribution in [-0.2, 0) is 14.8 Å². The summed E-state index contributed by atoms with van der Waals surface area (Å²) in [5.74, 6) is -0.269. The molecule has 1 amide bonds. The second-order valence-electron chi connectivity index (χ2n) is 5.83. The first kappa shape index (κ1) is 17.4. The van der Waals surface area contributed by atoms with Crippen LogP contribution in [0.25, 0.3) is 0 Å². The molecule has 1 saturated heterocycles. The Balaban J connectivity index is 2.01. The van der Waals surface area contributed by atoms with Crippen molar-refractivity contribution < 1.29 is 13.2 Å². The first-order valence-electron chi connectivity index (χ1n) is 7.79. The molecule has 1 fully saturated rings. The second-order valence-corrected chi connectivity index (χ2v) is 8.95. The molecule has 1 aromatic rings. The van der Waals surface area contributed by atoms with E-state index in [-0.39, 0.29) is 24.4 Å². The van der Waals surface area contributed by atoms with Gasteiger partial charge in [-0.15, -0.1) is 11.3 Å². The third kappa shape index (κ3) is 4.08. The summed E-state index contributed by atoms with van der Waals surface area (Å²) < 4.78 is 26.9. The van der Waals surface area contributed by atoms with E-state index in [1.54, 1.807) is 17.5 Å². The molecule has 2 rings (SSSR count). The van der Waals surface area contributed by atoms with Crippen molar-refractivity contribution in [2.24, 2.45) is 5.92 Å². The number of nitrogens with one attached hydrogen (secondary N) is 1. The van der Waals surface area contributed by atoms with Gasteiger partial charge >= 0.3 is 0 Å². The van der Waals surface area contributed by atoms with E-state index in [9.17, 15) is 13.2 Å². The van der Waals surface area contributed by atoms with Crippen molar-refractivity contribution in [1.82, 2.24) is 9.62 Å². The lowest BCUT2D eigenvalue weighted by atomic mass is 9.98. The Morgan fingerprint density at radius 3 is 2.95 bits per heavy atom. The number of carbonyl (C=O) groups excluding carboxylic acids is 1. The molecule has 0 unspecified atom stereocenters. The highest BCUT2D eigenvalue weighted by Gasteiger charge is 2.33. The number of carbonyl (C=O) groups is 1. The average Bonchev–Trinajstić information content (AvgIpc) is 3.02. The molecule has 0 saturated carbocycles. The molecule has 1 aromatic heterocycles. The van der Waals surface area contributed by atoms with Crippen molar-refractivity contribution in [1.29, 1.82) is 0 Å². The summed E-state index contributed by atoms with van der Waals surface area (Å²) in [5, 5.41) is 4.76. The molecule has 2 heterocycles. The highest BCUT2D eigenvalue weighted by atomic mass is 32.2. The molecule has 0 aliphatic carbocycles. The normalized spacial score (nSPS) is 21.5. The van der Waals surface area contributed by atoms with E-state index >= 15 is 0 Å². The zero-order chi connectivity index (χ0) is 16.2. The maximum atomic E-state index is 12.5. The average molecular weight is 345 g/mol. The second kappa shape index (κ2) is 7.57. The van der Waals surface area contributed by atoms with E-state index in [4.69, 9.17) is 0 Å². The highest BCUT2D eigenvalue weighted by molar-refractivity contribution is 7.91. The minimum atomic E-state index is -3.45. The predicted octanol–water partition coefficient (Wildman–Crippen LogP) is 2.45. The minimum absolute atomic E-state index is 0.0213. The van der Waals surface area contributed by atoms with Crippen molar-refractivity contribution >= 4 is 27.3 Å². The van der Waals surface area contributed by atoms with Crippen LogP contribution >= 0.6 is 11.3 Å². The van der Waals surface area contributed by atoms with Crippen molar-refractivity contribution in [2.75, 3.05) is 13.1 Å². The third-order valence-electron chi connectivity index (χ3n) is 3.95. The number of sulfonamides is 1. The van der Waals surface area contributed by atoms with Crippen LogP contribution in [0.4, 0.5) is 0 Å². The number of thiophene rings is 1. The Kier molecular flexibility index (Phi) is 6.00. The first-order chi connectivity index (χ1) is 10.4. The summed E-state index contributed by atoms with van der Waals surface area (Å²) in [6.07, 6.45) is 3.44. The van der Waals surface area contributed by atoms with Crippen molar-refractivity contribution in [3.05, 3.63) is 17.5 Å². The molecule has 1 aliphatic rings. The summed E-state index contributed by atoms with van der Waals surface area (Å²) in [7, 11) is -3.45. The van der Waals surface area contributed by atoms with E-state index in [0.29, 0.717) is 10.8 Å². The van der Waals surface area contributed by atoms with Crippen LogP contribution in [0.2, 0.25) is 0 Å². The monoisotopic (exact) mass is 344 g/mol. The Morgan fingerprint density at radius 2 is 2.32 bits per heavy atom.